The third-order valence-electron chi connectivity index (χ3n) is 13.9. The van der Waals surface area contributed by atoms with Gasteiger partial charge < -0.3 is 27.7 Å². The van der Waals surface area contributed by atoms with E-state index in [0.717, 1.165) is 88.6 Å². The van der Waals surface area contributed by atoms with Gasteiger partial charge in [-0.05, 0) is 95.0 Å². The molecule has 7 heteroatoms. The monoisotopic (exact) mass is 832 g/mol. The molecule has 0 atom stereocenters. The summed E-state index contributed by atoms with van der Waals surface area (Å²) >= 11 is 0. The van der Waals surface area contributed by atoms with Crippen LogP contribution >= 0.6 is 0 Å². The van der Waals surface area contributed by atoms with Crippen LogP contribution in [0.3, 0.4) is 0 Å². The number of para-hydroxylation sites is 5. The zero-order chi connectivity index (χ0) is 43.6. The summed E-state index contributed by atoms with van der Waals surface area (Å²) in [5, 5.41) is 7.82. The van der Waals surface area contributed by atoms with Crippen molar-refractivity contribution in [3.63, 3.8) is 0 Å². The number of nitrogens with zero attached hydrogens (tertiary/aromatic N) is 2. The Kier molecular flexibility index (Phi) is 7.34. The predicted octanol–water partition coefficient (Wildman–Crippen LogP) is 13.7. The molecule has 310 valence electrons. The first kappa shape index (κ1) is 37.2. The molecule has 3 aromatic heterocycles. The highest BCUT2D eigenvalue weighted by molar-refractivity contribution is 6.95. The van der Waals surface area contributed by atoms with Crippen LogP contribution in [0.2, 0.25) is 0 Å². The molecule has 0 fully saturated rings. The summed E-state index contributed by atoms with van der Waals surface area (Å²) in [4.78, 5) is 2.49. The van der Waals surface area contributed by atoms with Gasteiger partial charge in [0.15, 0.2) is 28.6 Å². The third kappa shape index (κ3) is 5.04. The van der Waals surface area contributed by atoms with Crippen LogP contribution in [-0.2, 0) is 5.41 Å². The van der Waals surface area contributed by atoms with Gasteiger partial charge in [0.2, 0.25) is 0 Å². The molecule has 0 saturated heterocycles. The normalized spacial score (nSPS) is 14.5. The van der Waals surface area contributed by atoms with Gasteiger partial charge in [0.05, 0.1) is 11.2 Å². The van der Waals surface area contributed by atoms with E-state index in [1.54, 1.807) is 0 Å². The molecule has 0 saturated carbocycles. The number of ether oxygens (including phenoxy) is 2. The van der Waals surface area contributed by atoms with Crippen molar-refractivity contribution in [1.82, 2.24) is 4.57 Å². The van der Waals surface area contributed by atoms with Crippen LogP contribution in [0.5, 0.6) is 23.0 Å². The predicted molar refractivity (Wildman–Crippen MR) is 264 cm³/mol. The van der Waals surface area contributed by atoms with Gasteiger partial charge in [0.25, 0.3) is 0 Å². The van der Waals surface area contributed by atoms with Crippen LogP contribution in [0.4, 0.5) is 11.4 Å². The number of hydrogen-bond donors (Lipinski definition) is 0. The Morgan fingerprint density at radius 3 is 1.94 bits per heavy atom. The smallest absolute Gasteiger partial charge is 0.328 e. The lowest BCUT2D eigenvalue weighted by atomic mass is 9.44. The second-order valence-electron chi connectivity index (χ2n) is 19.8. The highest BCUT2D eigenvalue weighted by Crippen LogP contribution is 2.55. The van der Waals surface area contributed by atoms with E-state index in [1.165, 1.54) is 27.0 Å². The highest BCUT2D eigenvalue weighted by Gasteiger charge is 2.46. The van der Waals surface area contributed by atoms with Gasteiger partial charge >= 0.3 is 6.85 Å². The molecule has 0 unspecified atom stereocenters. The fourth-order valence-corrected chi connectivity index (χ4v) is 10.5. The largest absolute Gasteiger partial charge is 0.455 e. The fourth-order valence-electron chi connectivity index (χ4n) is 10.5. The molecule has 7 aromatic carbocycles. The quantitative estimate of drug-likeness (QED) is 0.162. The van der Waals surface area contributed by atoms with E-state index in [9.17, 15) is 0 Å². The lowest BCUT2D eigenvalue weighted by Crippen LogP contribution is -2.57. The van der Waals surface area contributed by atoms with Crippen LogP contribution in [0, 0.1) is 5.41 Å². The summed E-state index contributed by atoms with van der Waals surface area (Å²) in [5.74, 6) is 2.65. The molecule has 6 nitrogen and oxygen atoms in total. The molecule has 0 spiro atoms. The summed E-state index contributed by atoms with van der Waals surface area (Å²) in [6, 6.07) is 44.8. The zero-order valence-corrected chi connectivity index (χ0v) is 37.0. The minimum Gasteiger partial charge on any atom is -0.455 e. The van der Waals surface area contributed by atoms with Gasteiger partial charge in [-0.15, -0.1) is 0 Å². The Bertz CT molecular complexity index is 3870. The minimum atomic E-state index is -0.294. The van der Waals surface area contributed by atoms with Crippen molar-refractivity contribution in [3.8, 4) is 39.8 Å². The summed E-state index contributed by atoms with van der Waals surface area (Å²) in [6.07, 6.45) is 2.35. The molecule has 64 heavy (non-hydrogen) atoms. The molecule has 10 aromatic rings. The first-order valence-corrected chi connectivity index (χ1v) is 22.2. The number of anilines is 2. The lowest BCUT2D eigenvalue weighted by Gasteiger charge is -2.42. The van der Waals surface area contributed by atoms with Crippen LogP contribution < -0.4 is 30.3 Å². The van der Waals surface area contributed by atoms with Gasteiger partial charge in [0.1, 0.15) is 16.7 Å². The van der Waals surface area contributed by atoms with Crippen molar-refractivity contribution < 1.29 is 18.3 Å². The molecule has 0 aliphatic carbocycles. The summed E-state index contributed by atoms with van der Waals surface area (Å²) < 4.78 is 29.9. The van der Waals surface area contributed by atoms with Crippen LogP contribution in [-0.4, -0.2) is 11.4 Å². The number of allylic oxidation sites excluding steroid dienone is 1. The third-order valence-corrected chi connectivity index (χ3v) is 13.9. The second-order valence-corrected chi connectivity index (χ2v) is 19.8. The van der Waals surface area contributed by atoms with Gasteiger partial charge in [0, 0.05) is 66.1 Å². The number of benzene rings is 7. The molecular weight excluding hydrogens is 787 g/mol. The van der Waals surface area contributed by atoms with Crippen molar-refractivity contribution in [2.24, 2.45) is 5.41 Å². The van der Waals surface area contributed by atoms with E-state index in [1.807, 2.05) is 36.4 Å². The van der Waals surface area contributed by atoms with Crippen LogP contribution in [0.25, 0.3) is 83.1 Å². The van der Waals surface area contributed by atoms with E-state index >= 15 is 0 Å². The molecule has 0 radical (unpaired) electrons. The van der Waals surface area contributed by atoms with Gasteiger partial charge in [-0.1, -0.05) is 120 Å². The van der Waals surface area contributed by atoms with Crippen molar-refractivity contribution in [2.45, 2.75) is 53.9 Å². The van der Waals surface area contributed by atoms with Gasteiger partial charge in [-0.25, -0.2) is 0 Å². The molecule has 6 heterocycles. The first-order chi connectivity index (χ1) is 30.8. The Morgan fingerprint density at radius 1 is 0.594 bits per heavy atom. The van der Waals surface area contributed by atoms with E-state index in [2.05, 4.69) is 155 Å². The molecular formula is C57H45BN2O4. The van der Waals surface area contributed by atoms with Crippen molar-refractivity contribution in [1.29, 1.82) is 0 Å². The Morgan fingerprint density at radius 2 is 1.23 bits per heavy atom. The highest BCUT2D eigenvalue weighted by atomic mass is 16.6. The summed E-state index contributed by atoms with van der Waals surface area (Å²) in [6.45, 7) is 20.3. The van der Waals surface area contributed by atoms with Gasteiger partial charge in [-0.3, -0.25) is 0 Å². The van der Waals surface area contributed by atoms with E-state index in [4.69, 9.17) is 24.9 Å². The minimum absolute atomic E-state index is 0.0568. The SMILES string of the molecule is C=C(/C=c1\c2n(c3ccc(C(C)(C)C)cc13)-c1cc3c(oc4ccccc43)c3c1B(C=2C)N(c1cccc2c1oc1ccccc12)c1cc2c(cc1-3)Oc1ccccc1O2)C(C)(C)C. The van der Waals surface area contributed by atoms with Crippen molar-refractivity contribution in [3.05, 3.63) is 156 Å². The molecule has 0 N–H and O–H groups in total. The van der Waals surface area contributed by atoms with E-state index in [0.29, 0.717) is 23.0 Å². The topological polar surface area (TPSA) is 52.9 Å². The Hall–Kier alpha value is -7.38. The van der Waals surface area contributed by atoms with Crippen LogP contribution in [0.15, 0.2) is 148 Å². The average molecular weight is 833 g/mol. The molecule has 0 amide bonds. The molecule has 0 bridgehead atoms. The number of fused-ring (bicyclic) bond motifs is 15. The van der Waals surface area contributed by atoms with Crippen molar-refractivity contribution in [2.75, 3.05) is 4.81 Å². The number of rotatable bonds is 2. The van der Waals surface area contributed by atoms with E-state index in [-0.39, 0.29) is 17.7 Å². The Labute approximate surface area is 371 Å². The number of furan rings is 2. The molecule has 3 aliphatic heterocycles. The molecule has 3 aliphatic rings. The molecule has 13 rings (SSSR count). The number of hydrogen-bond acceptors (Lipinski definition) is 5. The zero-order valence-electron chi connectivity index (χ0n) is 37.0. The average Bonchev–Trinajstić information content (AvgIpc) is 3.95. The Balaban J connectivity index is 1.24. The van der Waals surface area contributed by atoms with Crippen molar-refractivity contribution >= 4 is 90.0 Å². The summed E-state index contributed by atoms with van der Waals surface area (Å²) in [7, 11) is 0. The second kappa shape index (κ2) is 12.6. The fraction of sp³-hybridized carbons (Fsp3) is 0.158. The van der Waals surface area contributed by atoms with E-state index < -0.39 is 0 Å². The first-order valence-electron chi connectivity index (χ1n) is 22.2. The summed E-state index contributed by atoms with van der Waals surface area (Å²) in [5.41, 5.74) is 14.1. The maximum atomic E-state index is 7.04. The number of aromatic nitrogens is 1. The maximum Gasteiger partial charge on any atom is 0.328 e. The van der Waals surface area contributed by atoms with Crippen LogP contribution in [0.1, 0.15) is 54.0 Å². The lowest BCUT2D eigenvalue weighted by molar-refractivity contribution is 0.360. The standard InChI is InChI=1S/C57H45BN2O4/c1-31(56(3,4)5)26-38-37-27-33(57(6,7)8)24-25-41(37)59-44-28-39-35-17-10-12-21-46(35)64-55(39)51-40-29-49-50(62-48-23-14-13-22-47(48)61-49)30-43(40)60(58(52(44)51)32(2)53(38)59)42-19-15-18-36-34-16-9-11-20-45(34)63-54(36)42/h9-30H,1H2,2-8H3/b38-26-. The van der Waals surface area contributed by atoms with Gasteiger partial charge in [-0.2, -0.15) is 0 Å². The maximum absolute atomic E-state index is 7.04.